The van der Waals surface area contributed by atoms with E-state index in [1.165, 1.54) is 6.92 Å². The van der Waals surface area contributed by atoms with E-state index in [0.717, 1.165) is 18.6 Å². The standard InChI is InChI=1S/C12H22O3S/c1-5-7-12(4,16-6-2)9-15-11(14)8-10(3)13/h5-9H2,1-4H3. The van der Waals surface area contributed by atoms with Gasteiger partial charge in [-0.05, 0) is 26.0 Å². The number of ether oxygens (including phenoxy) is 1. The highest BCUT2D eigenvalue weighted by molar-refractivity contribution is 8.00. The lowest BCUT2D eigenvalue weighted by molar-refractivity contribution is -0.146. The molecule has 0 radical (unpaired) electrons. The first kappa shape index (κ1) is 15.5. The Hall–Kier alpha value is -0.510. The van der Waals surface area contributed by atoms with Crippen LogP contribution >= 0.6 is 11.8 Å². The summed E-state index contributed by atoms with van der Waals surface area (Å²) in [6.07, 6.45) is 1.96. The van der Waals surface area contributed by atoms with Crippen LogP contribution in [0.15, 0.2) is 0 Å². The van der Waals surface area contributed by atoms with Gasteiger partial charge in [0.25, 0.3) is 0 Å². The van der Waals surface area contributed by atoms with Crippen LogP contribution < -0.4 is 0 Å². The van der Waals surface area contributed by atoms with E-state index in [-0.39, 0.29) is 17.0 Å². The van der Waals surface area contributed by atoms with Gasteiger partial charge in [-0.1, -0.05) is 20.3 Å². The molecule has 0 fully saturated rings. The summed E-state index contributed by atoms with van der Waals surface area (Å²) < 4.78 is 5.12. The molecule has 0 aliphatic heterocycles. The Balaban J connectivity index is 4.10. The molecule has 0 aromatic heterocycles. The average molecular weight is 246 g/mol. The molecule has 1 atom stereocenters. The molecule has 0 aromatic carbocycles. The molecule has 0 bridgehead atoms. The van der Waals surface area contributed by atoms with Gasteiger partial charge in [-0.25, -0.2) is 0 Å². The molecule has 0 aromatic rings. The number of Topliss-reactive ketones (excluding diaryl/α,β-unsaturated/α-hetero) is 1. The number of esters is 1. The fourth-order valence-corrected chi connectivity index (χ4v) is 2.74. The summed E-state index contributed by atoms with van der Waals surface area (Å²) in [7, 11) is 0. The van der Waals surface area contributed by atoms with Gasteiger partial charge < -0.3 is 4.74 Å². The van der Waals surface area contributed by atoms with Crippen LogP contribution in [0.5, 0.6) is 0 Å². The first-order valence-electron chi connectivity index (χ1n) is 5.72. The quantitative estimate of drug-likeness (QED) is 0.488. The zero-order valence-electron chi connectivity index (χ0n) is 10.7. The third-order valence-electron chi connectivity index (χ3n) is 2.20. The number of ketones is 1. The molecule has 1 unspecified atom stereocenters. The molecule has 0 N–H and O–H groups in total. The summed E-state index contributed by atoms with van der Waals surface area (Å²) in [5.74, 6) is 0.442. The Morgan fingerprint density at radius 1 is 1.31 bits per heavy atom. The Morgan fingerprint density at radius 3 is 2.38 bits per heavy atom. The zero-order chi connectivity index (χ0) is 12.6. The Kier molecular flexibility index (Phi) is 7.47. The first-order chi connectivity index (χ1) is 7.43. The van der Waals surface area contributed by atoms with Crippen LogP contribution in [0.3, 0.4) is 0 Å². The molecule has 0 aliphatic rings. The lowest BCUT2D eigenvalue weighted by Gasteiger charge is -2.27. The summed E-state index contributed by atoms with van der Waals surface area (Å²) >= 11 is 1.80. The second-order valence-electron chi connectivity index (χ2n) is 4.17. The molecular formula is C12H22O3S. The topological polar surface area (TPSA) is 43.4 Å². The molecule has 0 saturated heterocycles. The minimum atomic E-state index is -0.411. The Bertz CT molecular complexity index is 232. The number of rotatable bonds is 8. The van der Waals surface area contributed by atoms with Crippen LogP contribution in [0, 0.1) is 0 Å². The summed E-state index contributed by atoms with van der Waals surface area (Å²) in [5.41, 5.74) is 0. The number of hydrogen-bond donors (Lipinski definition) is 0. The maximum absolute atomic E-state index is 11.3. The van der Waals surface area contributed by atoms with Crippen molar-refractivity contribution in [3.63, 3.8) is 0 Å². The number of thioether (sulfide) groups is 1. The van der Waals surface area contributed by atoms with E-state index in [0.29, 0.717) is 6.61 Å². The van der Waals surface area contributed by atoms with E-state index < -0.39 is 5.97 Å². The van der Waals surface area contributed by atoms with Crippen molar-refractivity contribution in [1.82, 2.24) is 0 Å². The van der Waals surface area contributed by atoms with Gasteiger partial charge in [0.2, 0.25) is 0 Å². The molecule has 16 heavy (non-hydrogen) atoms. The molecule has 94 valence electrons. The van der Waals surface area contributed by atoms with Crippen molar-refractivity contribution >= 4 is 23.5 Å². The van der Waals surface area contributed by atoms with Crippen LogP contribution in [0.4, 0.5) is 0 Å². The van der Waals surface area contributed by atoms with Gasteiger partial charge in [-0.2, -0.15) is 11.8 Å². The van der Waals surface area contributed by atoms with Crippen molar-refractivity contribution in [3.8, 4) is 0 Å². The first-order valence-corrected chi connectivity index (χ1v) is 6.71. The van der Waals surface area contributed by atoms with Crippen molar-refractivity contribution < 1.29 is 14.3 Å². The molecule has 0 heterocycles. The molecule has 0 rings (SSSR count). The number of carbonyl (C=O) groups excluding carboxylic acids is 2. The van der Waals surface area contributed by atoms with Gasteiger partial charge in [0.1, 0.15) is 18.8 Å². The summed E-state index contributed by atoms with van der Waals surface area (Å²) in [4.78, 5) is 22.0. The largest absolute Gasteiger partial charge is 0.464 e. The minimum absolute atomic E-state index is 0.0179. The average Bonchev–Trinajstić information content (AvgIpc) is 2.15. The molecule has 0 spiro atoms. The van der Waals surface area contributed by atoms with Crippen LogP contribution in [0.25, 0.3) is 0 Å². The van der Waals surface area contributed by atoms with Crippen molar-refractivity contribution in [2.75, 3.05) is 12.4 Å². The predicted molar refractivity (Wildman–Crippen MR) is 67.7 cm³/mol. The molecular weight excluding hydrogens is 224 g/mol. The summed E-state index contributed by atoms with van der Waals surface area (Å²) in [5, 5.41) is 0. The normalized spacial score (nSPS) is 14.2. The van der Waals surface area contributed by atoms with Crippen LogP contribution in [0.2, 0.25) is 0 Å². The van der Waals surface area contributed by atoms with E-state index in [9.17, 15) is 9.59 Å². The van der Waals surface area contributed by atoms with Crippen LogP contribution in [0.1, 0.15) is 47.0 Å². The highest BCUT2D eigenvalue weighted by Crippen LogP contribution is 2.30. The van der Waals surface area contributed by atoms with Crippen molar-refractivity contribution in [3.05, 3.63) is 0 Å². The highest BCUT2D eigenvalue weighted by Gasteiger charge is 2.25. The summed E-state index contributed by atoms with van der Waals surface area (Å²) in [6.45, 7) is 8.10. The SMILES string of the molecule is CCCC(C)(COC(=O)CC(C)=O)SCC. The van der Waals surface area contributed by atoms with Gasteiger partial charge >= 0.3 is 5.97 Å². The molecule has 0 saturated carbocycles. The maximum atomic E-state index is 11.3. The molecule has 4 heteroatoms. The van der Waals surface area contributed by atoms with E-state index in [1.54, 1.807) is 11.8 Å². The van der Waals surface area contributed by atoms with Crippen molar-refractivity contribution in [2.45, 2.75) is 51.7 Å². The predicted octanol–water partition coefficient (Wildman–Crippen LogP) is 2.82. The van der Waals surface area contributed by atoms with Gasteiger partial charge in [0, 0.05) is 4.75 Å². The van der Waals surface area contributed by atoms with Gasteiger partial charge in [0.15, 0.2) is 0 Å². The number of hydrogen-bond acceptors (Lipinski definition) is 4. The lowest BCUT2D eigenvalue weighted by Crippen LogP contribution is -2.29. The van der Waals surface area contributed by atoms with Crippen LogP contribution in [-0.4, -0.2) is 28.9 Å². The van der Waals surface area contributed by atoms with E-state index >= 15 is 0 Å². The second-order valence-corrected chi connectivity index (χ2v) is 6.02. The maximum Gasteiger partial charge on any atom is 0.313 e. The summed E-state index contributed by atoms with van der Waals surface area (Å²) in [6, 6.07) is 0. The van der Waals surface area contributed by atoms with Crippen molar-refractivity contribution in [2.24, 2.45) is 0 Å². The molecule has 0 aliphatic carbocycles. The van der Waals surface area contributed by atoms with E-state index in [1.807, 2.05) is 0 Å². The highest BCUT2D eigenvalue weighted by atomic mass is 32.2. The number of carbonyl (C=O) groups is 2. The molecule has 3 nitrogen and oxygen atoms in total. The monoisotopic (exact) mass is 246 g/mol. The minimum Gasteiger partial charge on any atom is -0.464 e. The van der Waals surface area contributed by atoms with E-state index in [4.69, 9.17) is 4.74 Å². The van der Waals surface area contributed by atoms with Crippen LogP contribution in [-0.2, 0) is 14.3 Å². The molecule has 0 amide bonds. The fraction of sp³-hybridized carbons (Fsp3) is 0.833. The third kappa shape index (κ3) is 6.88. The Morgan fingerprint density at radius 2 is 1.94 bits per heavy atom. The fourth-order valence-electron chi connectivity index (χ4n) is 1.55. The van der Waals surface area contributed by atoms with Gasteiger partial charge in [0.05, 0.1) is 0 Å². The van der Waals surface area contributed by atoms with E-state index in [2.05, 4.69) is 20.8 Å². The van der Waals surface area contributed by atoms with Gasteiger partial charge in [-0.15, -0.1) is 0 Å². The third-order valence-corrected chi connectivity index (χ3v) is 3.51. The Labute approximate surface area is 102 Å². The zero-order valence-corrected chi connectivity index (χ0v) is 11.5. The van der Waals surface area contributed by atoms with Gasteiger partial charge in [-0.3, -0.25) is 9.59 Å². The second kappa shape index (κ2) is 7.71. The smallest absolute Gasteiger partial charge is 0.313 e. The lowest BCUT2D eigenvalue weighted by atomic mass is 10.1. The van der Waals surface area contributed by atoms with Crippen molar-refractivity contribution in [1.29, 1.82) is 0 Å².